The fraction of sp³-hybridized carbons (Fsp3) is 0.333. The quantitative estimate of drug-likeness (QED) is 0.697. The zero-order valence-electron chi connectivity index (χ0n) is 6.34. The summed E-state index contributed by atoms with van der Waals surface area (Å²) >= 11 is 3.18. The number of hydrogen-bond donors (Lipinski definition) is 3. The van der Waals surface area contributed by atoms with Gasteiger partial charge in [0.15, 0.2) is 0 Å². The first-order chi connectivity index (χ1) is 5.54. The second-order valence-electron chi connectivity index (χ2n) is 2.36. The molecule has 0 bridgehead atoms. The number of halogens is 1. The van der Waals surface area contributed by atoms with Crippen molar-refractivity contribution in [2.75, 3.05) is 0 Å². The molecule has 0 amide bonds. The van der Waals surface area contributed by atoms with E-state index in [-0.39, 0.29) is 0 Å². The lowest BCUT2D eigenvalue weighted by Gasteiger charge is -2.01. The van der Waals surface area contributed by atoms with E-state index in [0.717, 1.165) is 5.69 Å². The van der Waals surface area contributed by atoms with E-state index in [1.165, 1.54) is 0 Å². The number of aromatic nitrogens is 2. The number of carboxylic acid groups (broad SMARTS) is 1. The van der Waals surface area contributed by atoms with Crippen molar-refractivity contribution in [1.29, 1.82) is 0 Å². The summed E-state index contributed by atoms with van der Waals surface area (Å²) in [5, 5.41) is 15.0. The van der Waals surface area contributed by atoms with E-state index >= 15 is 0 Å². The first-order valence-corrected chi connectivity index (χ1v) is 4.02. The van der Waals surface area contributed by atoms with Gasteiger partial charge in [0, 0.05) is 5.69 Å². The molecule has 0 aliphatic heterocycles. The molecule has 66 valence electrons. The van der Waals surface area contributed by atoms with Crippen LogP contribution in [0.1, 0.15) is 17.4 Å². The average molecular weight is 234 g/mol. The zero-order valence-corrected chi connectivity index (χ0v) is 7.92. The first kappa shape index (κ1) is 9.21. The highest BCUT2D eigenvalue weighted by Crippen LogP contribution is 2.22. The molecular formula is C6H8BrN3O2. The van der Waals surface area contributed by atoms with Gasteiger partial charge >= 0.3 is 5.97 Å². The minimum atomic E-state index is -1.10. The molecule has 1 rings (SSSR count). The van der Waals surface area contributed by atoms with Gasteiger partial charge in [-0.2, -0.15) is 5.10 Å². The fourth-order valence-electron chi connectivity index (χ4n) is 0.757. The maximum atomic E-state index is 10.5. The molecule has 0 aromatic carbocycles. The summed E-state index contributed by atoms with van der Waals surface area (Å²) in [5.41, 5.74) is 6.42. The highest BCUT2D eigenvalue weighted by molar-refractivity contribution is 9.10. The summed E-state index contributed by atoms with van der Waals surface area (Å²) in [5.74, 6) is -1.10. The monoisotopic (exact) mass is 233 g/mol. The molecule has 0 spiro atoms. The van der Waals surface area contributed by atoms with Crippen LogP contribution in [-0.2, 0) is 4.79 Å². The van der Waals surface area contributed by atoms with Gasteiger partial charge in [-0.15, -0.1) is 0 Å². The van der Waals surface area contributed by atoms with Gasteiger partial charge in [0.25, 0.3) is 0 Å². The number of rotatable bonds is 2. The summed E-state index contributed by atoms with van der Waals surface area (Å²) < 4.78 is 0.623. The van der Waals surface area contributed by atoms with Crippen LogP contribution < -0.4 is 5.73 Å². The Morgan fingerprint density at radius 3 is 2.75 bits per heavy atom. The molecule has 1 aromatic rings. The maximum absolute atomic E-state index is 10.5. The summed E-state index contributed by atoms with van der Waals surface area (Å²) in [6.07, 6.45) is 0. The molecule has 0 aliphatic rings. The lowest BCUT2D eigenvalue weighted by Crippen LogP contribution is -2.21. The van der Waals surface area contributed by atoms with Crippen LogP contribution in [0.2, 0.25) is 0 Å². The van der Waals surface area contributed by atoms with E-state index in [0.29, 0.717) is 10.2 Å². The Morgan fingerprint density at radius 2 is 2.42 bits per heavy atom. The van der Waals surface area contributed by atoms with Gasteiger partial charge in [-0.1, -0.05) is 0 Å². The van der Waals surface area contributed by atoms with E-state index in [1.807, 2.05) is 0 Å². The number of carboxylic acids is 1. The van der Waals surface area contributed by atoms with E-state index in [2.05, 4.69) is 26.1 Å². The molecule has 0 radical (unpaired) electrons. The molecule has 1 atom stereocenters. The molecular weight excluding hydrogens is 226 g/mol. The van der Waals surface area contributed by atoms with Crippen molar-refractivity contribution in [2.24, 2.45) is 5.73 Å². The van der Waals surface area contributed by atoms with E-state index in [9.17, 15) is 4.79 Å². The van der Waals surface area contributed by atoms with Gasteiger partial charge in [-0.05, 0) is 22.9 Å². The highest BCUT2D eigenvalue weighted by Gasteiger charge is 2.21. The number of hydrogen-bond acceptors (Lipinski definition) is 3. The number of aryl methyl sites for hydroxylation is 1. The van der Waals surface area contributed by atoms with Gasteiger partial charge in [0.05, 0.1) is 4.47 Å². The Kier molecular flexibility index (Phi) is 2.49. The summed E-state index contributed by atoms with van der Waals surface area (Å²) in [6, 6.07) is -1.08. The molecule has 1 aromatic heterocycles. The van der Waals surface area contributed by atoms with Crippen molar-refractivity contribution in [2.45, 2.75) is 13.0 Å². The number of aromatic amines is 1. The van der Waals surface area contributed by atoms with Crippen LogP contribution in [-0.4, -0.2) is 21.3 Å². The summed E-state index contributed by atoms with van der Waals surface area (Å²) in [6.45, 7) is 1.77. The minimum Gasteiger partial charge on any atom is -0.480 e. The van der Waals surface area contributed by atoms with Crippen molar-refractivity contribution >= 4 is 21.9 Å². The third-order valence-corrected chi connectivity index (χ3v) is 2.46. The molecule has 6 heteroatoms. The van der Waals surface area contributed by atoms with Gasteiger partial charge in [-0.25, -0.2) is 0 Å². The van der Waals surface area contributed by atoms with Crippen molar-refractivity contribution < 1.29 is 9.90 Å². The predicted octanol–water partition coefficient (Wildman–Crippen LogP) is 0.565. The topological polar surface area (TPSA) is 92.0 Å². The van der Waals surface area contributed by atoms with Crippen LogP contribution in [0.15, 0.2) is 4.47 Å². The van der Waals surface area contributed by atoms with Crippen molar-refractivity contribution in [3.8, 4) is 0 Å². The van der Waals surface area contributed by atoms with E-state index in [1.54, 1.807) is 6.92 Å². The number of H-pyrrole nitrogens is 1. The van der Waals surface area contributed by atoms with Crippen LogP contribution in [0.25, 0.3) is 0 Å². The van der Waals surface area contributed by atoms with Gasteiger partial charge in [0.1, 0.15) is 11.7 Å². The molecule has 0 fully saturated rings. The number of nitrogens with zero attached hydrogens (tertiary/aromatic N) is 1. The minimum absolute atomic E-state index is 0.319. The van der Waals surface area contributed by atoms with E-state index < -0.39 is 12.0 Å². The van der Waals surface area contributed by atoms with Crippen LogP contribution in [0.4, 0.5) is 0 Å². The maximum Gasteiger partial charge on any atom is 0.326 e. The van der Waals surface area contributed by atoms with Gasteiger partial charge in [-0.3, -0.25) is 9.89 Å². The van der Waals surface area contributed by atoms with Crippen LogP contribution in [0.3, 0.4) is 0 Å². The Balaban J connectivity index is 3.03. The molecule has 0 saturated carbocycles. The van der Waals surface area contributed by atoms with Gasteiger partial charge in [0.2, 0.25) is 0 Å². The number of aliphatic carboxylic acids is 1. The normalized spacial score (nSPS) is 12.9. The average Bonchev–Trinajstić information content (AvgIpc) is 2.32. The number of carbonyl (C=O) groups is 1. The largest absolute Gasteiger partial charge is 0.480 e. The van der Waals surface area contributed by atoms with Crippen molar-refractivity contribution in [3.05, 3.63) is 15.9 Å². The first-order valence-electron chi connectivity index (χ1n) is 3.22. The lowest BCUT2D eigenvalue weighted by molar-refractivity contribution is -0.138. The predicted molar refractivity (Wildman–Crippen MR) is 45.6 cm³/mol. The van der Waals surface area contributed by atoms with E-state index in [4.69, 9.17) is 10.8 Å². The van der Waals surface area contributed by atoms with Crippen LogP contribution in [0.5, 0.6) is 0 Å². The van der Waals surface area contributed by atoms with Gasteiger partial charge < -0.3 is 10.8 Å². The van der Waals surface area contributed by atoms with Crippen molar-refractivity contribution in [3.63, 3.8) is 0 Å². The molecule has 0 aliphatic carbocycles. The Bertz CT molecular complexity index is 310. The third kappa shape index (κ3) is 1.49. The molecule has 12 heavy (non-hydrogen) atoms. The second-order valence-corrected chi connectivity index (χ2v) is 3.16. The second kappa shape index (κ2) is 3.24. The standard InChI is InChI=1S/C6H8BrN3O2/c1-2-3(7)5(10-9-2)4(8)6(11)12/h4H,8H2,1H3,(H,9,10)(H,11,12). The third-order valence-electron chi connectivity index (χ3n) is 1.46. The summed E-state index contributed by atoms with van der Waals surface area (Å²) in [7, 11) is 0. The SMILES string of the molecule is Cc1[nH]nc(C(N)C(=O)O)c1Br. The summed E-state index contributed by atoms with van der Waals surface area (Å²) in [4.78, 5) is 10.5. The number of nitrogens with two attached hydrogens (primary N) is 1. The Labute approximate surface area is 77.1 Å². The molecule has 1 heterocycles. The Morgan fingerprint density at radius 1 is 1.83 bits per heavy atom. The smallest absolute Gasteiger partial charge is 0.326 e. The molecule has 5 nitrogen and oxygen atoms in total. The Hall–Kier alpha value is -0.880. The molecule has 0 saturated heterocycles. The lowest BCUT2D eigenvalue weighted by atomic mass is 10.2. The fourth-order valence-corrected chi connectivity index (χ4v) is 1.18. The number of nitrogens with one attached hydrogen (secondary N) is 1. The molecule has 4 N–H and O–H groups in total. The van der Waals surface area contributed by atoms with Crippen molar-refractivity contribution in [1.82, 2.24) is 10.2 Å². The zero-order chi connectivity index (χ0) is 9.30. The van der Waals surface area contributed by atoms with Crippen LogP contribution in [0, 0.1) is 6.92 Å². The van der Waals surface area contributed by atoms with Crippen LogP contribution >= 0.6 is 15.9 Å². The highest BCUT2D eigenvalue weighted by atomic mass is 79.9. The molecule has 1 unspecified atom stereocenters.